The van der Waals surface area contributed by atoms with Crippen LogP contribution in [0.25, 0.3) is 0 Å². The standard InChI is InChI=1S/C15H20N2OS2/c19-15(16-10-11-4-3-8-18-11)17-13-7-9-20-14-6-2-1-5-12(13)14/h1-2,5-6,11,13H,3-4,7-10H2,(H2,16,17,19)/t11-,13+/m1/s1. The molecule has 0 radical (unpaired) electrons. The summed E-state index contributed by atoms with van der Waals surface area (Å²) < 4.78 is 5.60. The van der Waals surface area contributed by atoms with Crippen molar-refractivity contribution in [1.82, 2.24) is 10.6 Å². The van der Waals surface area contributed by atoms with E-state index in [0.717, 1.165) is 36.9 Å². The summed E-state index contributed by atoms with van der Waals surface area (Å²) in [5, 5.41) is 7.48. The highest BCUT2D eigenvalue weighted by Gasteiger charge is 2.21. The minimum atomic E-state index is 0.323. The molecule has 2 aliphatic rings. The van der Waals surface area contributed by atoms with E-state index >= 15 is 0 Å². The summed E-state index contributed by atoms with van der Waals surface area (Å²) in [6, 6.07) is 8.92. The fraction of sp³-hybridized carbons (Fsp3) is 0.533. The van der Waals surface area contributed by atoms with Crippen LogP contribution in [-0.4, -0.2) is 30.1 Å². The van der Waals surface area contributed by atoms with Gasteiger partial charge in [0.2, 0.25) is 0 Å². The number of ether oxygens (including phenoxy) is 1. The van der Waals surface area contributed by atoms with Crippen LogP contribution in [-0.2, 0) is 4.74 Å². The molecule has 2 atom stereocenters. The highest BCUT2D eigenvalue weighted by atomic mass is 32.2. The van der Waals surface area contributed by atoms with Gasteiger partial charge >= 0.3 is 0 Å². The number of benzene rings is 1. The van der Waals surface area contributed by atoms with Gasteiger partial charge in [-0.2, -0.15) is 0 Å². The van der Waals surface area contributed by atoms with Crippen LogP contribution in [0.1, 0.15) is 30.9 Å². The monoisotopic (exact) mass is 308 g/mol. The molecule has 2 aliphatic heterocycles. The topological polar surface area (TPSA) is 33.3 Å². The van der Waals surface area contributed by atoms with Crippen LogP contribution in [0.3, 0.4) is 0 Å². The van der Waals surface area contributed by atoms with Gasteiger partial charge in [0, 0.05) is 23.8 Å². The maximum atomic E-state index is 5.60. The average molecular weight is 308 g/mol. The van der Waals surface area contributed by atoms with Crippen LogP contribution in [0.5, 0.6) is 0 Å². The molecule has 0 saturated carbocycles. The molecule has 1 aromatic rings. The molecule has 5 heteroatoms. The number of nitrogens with one attached hydrogen (secondary N) is 2. The average Bonchev–Trinajstić information content (AvgIpc) is 2.99. The van der Waals surface area contributed by atoms with E-state index in [0.29, 0.717) is 12.1 Å². The molecule has 2 heterocycles. The lowest BCUT2D eigenvalue weighted by Gasteiger charge is -2.27. The Hall–Kier alpha value is -0.780. The van der Waals surface area contributed by atoms with Crippen molar-refractivity contribution in [2.75, 3.05) is 18.9 Å². The lowest BCUT2D eigenvalue weighted by atomic mass is 10.0. The molecule has 0 amide bonds. The van der Waals surface area contributed by atoms with Gasteiger partial charge in [0.1, 0.15) is 0 Å². The van der Waals surface area contributed by atoms with Gasteiger partial charge in [-0.3, -0.25) is 0 Å². The maximum absolute atomic E-state index is 5.60. The van der Waals surface area contributed by atoms with Crippen LogP contribution in [0.4, 0.5) is 0 Å². The highest BCUT2D eigenvalue weighted by molar-refractivity contribution is 7.99. The van der Waals surface area contributed by atoms with Crippen molar-refractivity contribution in [2.45, 2.75) is 36.3 Å². The molecule has 20 heavy (non-hydrogen) atoms. The molecule has 0 spiro atoms. The lowest BCUT2D eigenvalue weighted by molar-refractivity contribution is 0.114. The van der Waals surface area contributed by atoms with Gasteiger partial charge in [-0.15, -0.1) is 11.8 Å². The van der Waals surface area contributed by atoms with Crippen molar-refractivity contribution in [3.8, 4) is 0 Å². The summed E-state index contributed by atoms with van der Waals surface area (Å²) in [6.07, 6.45) is 3.74. The first-order valence-corrected chi connectivity index (χ1v) is 8.60. The van der Waals surface area contributed by atoms with Crippen LogP contribution in [0.15, 0.2) is 29.2 Å². The first kappa shape index (κ1) is 14.2. The zero-order chi connectivity index (χ0) is 13.8. The van der Waals surface area contributed by atoms with Crippen LogP contribution >= 0.6 is 24.0 Å². The number of thioether (sulfide) groups is 1. The van der Waals surface area contributed by atoms with Gasteiger partial charge < -0.3 is 15.4 Å². The Kier molecular flexibility index (Phi) is 4.81. The third-order valence-corrected chi connectivity index (χ3v) is 5.16. The fourth-order valence-electron chi connectivity index (χ4n) is 2.71. The molecule has 0 aliphatic carbocycles. The molecule has 108 valence electrons. The normalized spacial score (nSPS) is 25.0. The van der Waals surface area contributed by atoms with Crippen LogP contribution in [0.2, 0.25) is 0 Å². The third kappa shape index (κ3) is 3.45. The Morgan fingerprint density at radius 3 is 3.10 bits per heavy atom. The molecule has 2 N–H and O–H groups in total. The van der Waals surface area contributed by atoms with Gasteiger partial charge in [0.25, 0.3) is 0 Å². The van der Waals surface area contributed by atoms with Gasteiger partial charge in [-0.25, -0.2) is 0 Å². The molecule has 3 nitrogen and oxygen atoms in total. The number of thiocarbonyl (C=S) groups is 1. The highest BCUT2D eigenvalue weighted by Crippen LogP contribution is 2.35. The Bertz CT molecular complexity index is 475. The van der Waals surface area contributed by atoms with Crippen molar-refractivity contribution in [3.05, 3.63) is 29.8 Å². The Morgan fingerprint density at radius 2 is 2.25 bits per heavy atom. The van der Waals surface area contributed by atoms with Crippen LogP contribution in [0, 0.1) is 0 Å². The van der Waals surface area contributed by atoms with Crippen molar-refractivity contribution in [2.24, 2.45) is 0 Å². The number of fused-ring (bicyclic) bond motifs is 1. The summed E-state index contributed by atoms with van der Waals surface area (Å²) in [6.45, 7) is 1.70. The second kappa shape index (κ2) is 6.78. The van der Waals surface area contributed by atoms with E-state index in [1.165, 1.54) is 16.9 Å². The second-order valence-electron chi connectivity index (χ2n) is 5.22. The van der Waals surface area contributed by atoms with Gasteiger partial charge in [-0.1, -0.05) is 18.2 Å². The van der Waals surface area contributed by atoms with E-state index in [1.54, 1.807) is 0 Å². The summed E-state index contributed by atoms with van der Waals surface area (Å²) >= 11 is 7.34. The van der Waals surface area contributed by atoms with Gasteiger partial charge in [-0.05, 0) is 43.1 Å². The molecule has 1 aromatic carbocycles. The van der Waals surface area contributed by atoms with Crippen molar-refractivity contribution in [3.63, 3.8) is 0 Å². The maximum Gasteiger partial charge on any atom is 0.166 e. The number of rotatable bonds is 3. The largest absolute Gasteiger partial charge is 0.376 e. The summed E-state index contributed by atoms with van der Waals surface area (Å²) in [5.74, 6) is 1.14. The SMILES string of the molecule is S=C(NC[C@H]1CCCO1)N[C@H]1CCSc2ccccc21. The summed E-state index contributed by atoms with van der Waals surface area (Å²) in [5.41, 5.74) is 1.37. The zero-order valence-corrected chi connectivity index (χ0v) is 13.1. The molecule has 0 bridgehead atoms. The predicted octanol–water partition coefficient (Wildman–Crippen LogP) is 2.87. The van der Waals surface area contributed by atoms with Gasteiger partial charge in [0.05, 0.1) is 12.1 Å². The first-order chi connectivity index (χ1) is 9.83. The third-order valence-electron chi connectivity index (χ3n) is 3.78. The summed E-state index contributed by atoms with van der Waals surface area (Å²) in [4.78, 5) is 1.37. The van der Waals surface area contributed by atoms with E-state index in [2.05, 4.69) is 34.9 Å². The molecular weight excluding hydrogens is 288 g/mol. The van der Waals surface area contributed by atoms with E-state index < -0.39 is 0 Å². The van der Waals surface area contributed by atoms with Crippen LogP contribution < -0.4 is 10.6 Å². The molecule has 1 fully saturated rings. The number of hydrogen-bond acceptors (Lipinski definition) is 3. The molecule has 3 rings (SSSR count). The molecular formula is C15H20N2OS2. The Labute approximate surface area is 129 Å². The van der Waals surface area contributed by atoms with Crippen molar-refractivity contribution in [1.29, 1.82) is 0 Å². The van der Waals surface area contributed by atoms with E-state index in [-0.39, 0.29) is 0 Å². The molecule has 1 saturated heterocycles. The van der Waals surface area contributed by atoms with Crippen molar-refractivity contribution < 1.29 is 4.74 Å². The van der Waals surface area contributed by atoms with E-state index in [9.17, 15) is 0 Å². The molecule has 0 aromatic heterocycles. The minimum absolute atomic E-state index is 0.323. The summed E-state index contributed by atoms with van der Waals surface area (Å²) in [7, 11) is 0. The van der Waals surface area contributed by atoms with E-state index in [4.69, 9.17) is 17.0 Å². The van der Waals surface area contributed by atoms with Crippen molar-refractivity contribution >= 4 is 29.1 Å². The Balaban J connectivity index is 1.54. The smallest absolute Gasteiger partial charge is 0.166 e. The van der Waals surface area contributed by atoms with Gasteiger partial charge in [0.15, 0.2) is 5.11 Å². The fourth-order valence-corrected chi connectivity index (χ4v) is 4.06. The first-order valence-electron chi connectivity index (χ1n) is 7.20. The Morgan fingerprint density at radius 1 is 1.35 bits per heavy atom. The lowest BCUT2D eigenvalue weighted by Crippen LogP contribution is -2.41. The van der Waals surface area contributed by atoms with E-state index in [1.807, 2.05) is 11.8 Å². The zero-order valence-electron chi connectivity index (χ0n) is 11.4. The molecule has 0 unspecified atom stereocenters. The minimum Gasteiger partial charge on any atom is -0.376 e. The number of hydrogen-bond donors (Lipinski definition) is 2. The predicted molar refractivity (Wildman–Crippen MR) is 87.2 cm³/mol. The second-order valence-corrected chi connectivity index (χ2v) is 6.76. The quantitative estimate of drug-likeness (QED) is 0.839.